The first-order chi connectivity index (χ1) is 4.70. The van der Waals surface area contributed by atoms with Crippen LogP contribution < -0.4 is 5.84 Å². The highest BCUT2D eigenvalue weighted by Crippen LogP contribution is 2.15. The molecule has 0 fully saturated rings. The number of nitrogens with zero attached hydrogens (tertiary/aromatic N) is 1. The molecule has 0 unspecified atom stereocenters. The Labute approximate surface area is 57.4 Å². The maximum absolute atomic E-state index is 10.4. The average Bonchev–Trinajstić information content (AvgIpc) is 1.88. The Morgan fingerprint density at radius 3 is 2.60 bits per heavy atom. The van der Waals surface area contributed by atoms with Gasteiger partial charge in [0, 0.05) is 6.07 Å². The van der Waals surface area contributed by atoms with Gasteiger partial charge in [-0.1, -0.05) is 6.07 Å². The molecule has 10 heavy (non-hydrogen) atoms. The van der Waals surface area contributed by atoms with E-state index in [0.717, 1.165) is 0 Å². The molecule has 4 heteroatoms. The molecule has 3 N–H and O–H groups in total. The maximum atomic E-state index is 10.4. The van der Waals surface area contributed by atoms with E-state index in [1.165, 1.54) is 18.2 Å². The number of hydrogen-bond acceptors (Lipinski definition) is 2. The van der Waals surface area contributed by atoms with Gasteiger partial charge >= 0.3 is 0 Å². The lowest BCUT2D eigenvalue weighted by atomic mass is 10.3. The van der Waals surface area contributed by atoms with Crippen LogP contribution in [0.4, 0.5) is 5.69 Å². The van der Waals surface area contributed by atoms with E-state index < -0.39 is 0 Å². The van der Waals surface area contributed by atoms with E-state index in [-0.39, 0.29) is 16.3 Å². The number of phenolic OH excluding ortho intramolecular Hbond substituents is 1. The molecule has 1 aromatic carbocycles. The molecule has 1 rings (SSSR count). The van der Waals surface area contributed by atoms with E-state index in [2.05, 4.69) is 0 Å². The Kier molecular flexibility index (Phi) is 1.53. The molecule has 1 aromatic rings. The van der Waals surface area contributed by atoms with Crippen molar-refractivity contribution in [3.8, 4) is 5.75 Å². The zero-order chi connectivity index (χ0) is 7.56. The summed E-state index contributed by atoms with van der Waals surface area (Å²) in [5.41, 5.74) is 0.236. The number of benzene rings is 1. The number of aromatic hydroxyl groups is 1. The van der Waals surface area contributed by atoms with Crippen molar-refractivity contribution in [2.75, 3.05) is 0 Å². The summed E-state index contributed by atoms with van der Waals surface area (Å²) in [5.74, 6) is 4.88. The van der Waals surface area contributed by atoms with Gasteiger partial charge < -0.3 is 5.11 Å². The van der Waals surface area contributed by atoms with Gasteiger partial charge in [0.05, 0.1) is 11.0 Å². The molecular formula is C6H7N2O2+. The lowest BCUT2D eigenvalue weighted by Gasteiger charge is -1.87. The molecule has 0 aromatic heterocycles. The monoisotopic (exact) mass is 139 g/mol. The van der Waals surface area contributed by atoms with E-state index in [1.54, 1.807) is 6.07 Å². The largest absolute Gasteiger partial charge is 0.508 e. The summed E-state index contributed by atoms with van der Waals surface area (Å²) in [7, 11) is 0. The Morgan fingerprint density at radius 1 is 1.50 bits per heavy atom. The molecule has 0 saturated carbocycles. The zero-order valence-electron chi connectivity index (χ0n) is 5.19. The minimum atomic E-state index is 0.0313. The first kappa shape index (κ1) is 6.54. The fourth-order valence-corrected chi connectivity index (χ4v) is 0.630. The van der Waals surface area contributed by atoms with Gasteiger partial charge in [-0.3, -0.25) is 0 Å². The highest BCUT2D eigenvalue weighted by molar-refractivity contribution is 5.36. The van der Waals surface area contributed by atoms with Gasteiger partial charge in [0.15, 0.2) is 4.87 Å². The minimum Gasteiger partial charge on any atom is -0.508 e. The summed E-state index contributed by atoms with van der Waals surface area (Å²) in [6.07, 6.45) is 0. The second-order valence-corrected chi connectivity index (χ2v) is 1.85. The van der Waals surface area contributed by atoms with E-state index in [4.69, 9.17) is 10.9 Å². The van der Waals surface area contributed by atoms with Gasteiger partial charge in [-0.15, -0.1) is 0 Å². The molecule has 0 atom stereocenters. The smallest absolute Gasteiger partial charge is 0.295 e. The van der Waals surface area contributed by atoms with Crippen LogP contribution in [0.2, 0.25) is 0 Å². The molecule has 0 radical (unpaired) electrons. The summed E-state index contributed by atoms with van der Waals surface area (Å²) in [6.45, 7) is 0. The van der Waals surface area contributed by atoms with Crippen molar-refractivity contribution in [1.29, 1.82) is 0 Å². The molecule has 0 saturated heterocycles. The highest BCUT2D eigenvalue weighted by Gasteiger charge is 2.06. The van der Waals surface area contributed by atoms with Gasteiger partial charge in [-0.25, -0.2) is 0 Å². The summed E-state index contributed by atoms with van der Waals surface area (Å²) >= 11 is 0. The van der Waals surface area contributed by atoms with Crippen LogP contribution in [0.25, 0.3) is 0 Å². The third-order valence-corrected chi connectivity index (χ3v) is 1.08. The van der Waals surface area contributed by atoms with Crippen LogP contribution in [-0.2, 0) is 0 Å². The second-order valence-electron chi connectivity index (χ2n) is 1.85. The molecule has 0 spiro atoms. The molecule has 0 heterocycles. The SMILES string of the molecule is N[N+](=O)c1cccc(O)c1. The number of hydrazine groups is 1. The van der Waals surface area contributed by atoms with Gasteiger partial charge in [0.2, 0.25) is 0 Å². The highest BCUT2D eigenvalue weighted by atomic mass is 16.3. The summed E-state index contributed by atoms with van der Waals surface area (Å²) in [4.78, 5) is 10.6. The zero-order valence-corrected chi connectivity index (χ0v) is 5.19. The lowest BCUT2D eigenvalue weighted by molar-refractivity contribution is -0.474. The number of nitrogens with two attached hydrogens (primary N) is 1. The van der Waals surface area contributed by atoms with Crippen LogP contribution in [0.15, 0.2) is 24.3 Å². The van der Waals surface area contributed by atoms with Gasteiger partial charge in [0.25, 0.3) is 5.69 Å². The summed E-state index contributed by atoms with van der Waals surface area (Å²) in [5, 5.41) is 8.84. The van der Waals surface area contributed by atoms with Crippen LogP contribution in [0.1, 0.15) is 0 Å². The molecule has 52 valence electrons. The molecule has 4 nitrogen and oxygen atoms in total. The number of phenols is 1. The standard InChI is InChI=1S/C6H6N2O2/c7-8(10)5-2-1-3-6(9)4-5/h1-4H,(H2-,7,9,10)/p+1. The predicted molar refractivity (Wildman–Crippen MR) is 35.6 cm³/mol. The molecule has 0 aliphatic heterocycles. The number of rotatable bonds is 1. The van der Waals surface area contributed by atoms with Crippen LogP contribution in [-0.4, -0.2) is 9.98 Å². The van der Waals surface area contributed by atoms with Crippen molar-refractivity contribution in [2.45, 2.75) is 0 Å². The molecule has 0 amide bonds. The molecule has 0 bridgehead atoms. The van der Waals surface area contributed by atoms with Crippen LogP contribution in [0, 0.1) is 4.91 Å². The van der Waals surface area contributed by atoms with Crippen molar-refractivity contribution in [3.05, 3.63) is 29.2 Å². The van der Waals surface area contributed by atoms with Crippen molar-refractivity contribution < 1.29 is 9.98 Å². The number of nitroso groups, excluding NO2 is 1. The average molecular weight is 139 g/mol. The third kappa shape index (κ3) is 1.22. The van der Waals surface area contributed by atoms with Crippen molar-refractivity contribution in [2.24, 2.45) is 5.84 Å². The fourth-order valence-electron chi connectivity index (χ4n) is 0.630. The van der Waals surface area contributed by atoms with E-state index in [1.807, 2.05) is 0 Å². The number of hydrogen-bond donors (Lipinski definition) is 2. The Hall–Kier alpha value is -1.58. The topological polar surface area (TPSA) is 66.3 Å². The first-order valence-corrected chi connectivity index (χ1v) is 2.71. The quantitative estimate of drug-likeness (QED) is 0.341. The van der Waals surface area contributed by atoms with E-state index in [0.29, 0.717) is 0 Å². The Balaban J connectivity index is 3.07. The Morgan fingerprint density at radius 2 is 2.20 bits per heavy atom. The van der Waals surface area contributed by atoms with Crippen molar-refractivity contribution in [3.63, 3.8) is 0 Å². The predicted octanol–water partition coefficient (Wildman–Crippen LogP) is 0.676. The van der Waals surface area contributed by atoms with Crippen LogP contribution >= 0.6 is 0 Å². The normalized spacial score (nSPS) is 9.20. The fraction of sp³-hybridized carbons (Fsp3) is 0. The second kappa shape index (κ2) is 2.34. The molecule has 0 aliphatic carbocycles. The summed E-state index contributed by atoms with van der Waals surface area (Å²) < 4.78 is 0. The van der Waals surface area contributed by atoms with Gasteiger partial charge in [-0.05, 0) is 6.07 Å². The van der Waals surface area contributed by atoms with E-state index in [9.17, 15) is 4.91 Å². The minimum absolute atomic E-state index is 0.0313. The van der Waals surface area contributed by atoms with Crippen LogP contribution in [0.5, 0.6) is 5.75 Å². The first-order valence-electron chi connectivity index (χ1n) is 2.71. The lowest BCUT2D eigenvalue weighted by Crippen LogP contribution is -2.08. The Bertz CT molecular complexity index is 260. The third-order valence-electron chi connectivity index (χ3n) is 1.08. The van der Waals surface area contributed by atoms with Crippen molar-refractivity contribution in [1.82, 2.24) is 0 Å². The summed E-state index contributed by atoms with van der Waals surface area (Å²) in [6, 6.07) is 5.80. The molecule has 0 aliphatic rings. The van der Waals surface area contributed by atoms with Gasteiger partial charge in [-0.2, -0.15) is 5.84 Å². The van der Waals surface area contributed by atoms with E-state index >= 15 is 0 Å². The van der Waals surface area contributed by atoms with Gasteiger partial charge in [0.1, 0.15) is 5.75 Å². The molecular weight excluding hydrogens is 132 g/mol. The van der Waals surface area contributed by atoms with Crippen molar-refractivity contribution >= 4 is 5.69 Å². The van der Waals surface area contributed by atoms with Crippen LogP contribution in [0.3, 0.4) is 0 Å². The maximum Gasteiger partial charge on any atom is 0.295 e.